The van der Waals surface area contributed by atoms with Gasteiger partial charge in [0.1, 0.15) is 28.2 Å². The van der Waals surface area contributed by atoms with Crippen LogP contribution in [-0.4, -0.2) is 32.3 Å². The number of rotatable bonds is 16. The molecule has 8 aromatic rings. The largest absolute Gasteiger partial charge is 0.212 e. The predicted octanol–water partition coefficient (Wildman–Crippen LogP) is 21.3. The van der Waals surface area contributed by atoms with Crippen LogP contribution < -0.4 is 39.0 Å². The van der Waals surface area contributed by atoms with Crippen molar-refractivity contribution >= 4 is 53.0 Å². The highest BCUT2D eigenvalue weighted by atomic mass is 28.3. The van der Waals surface area contributed by atoms with Crippen molar-refractivity contribution < 1.29 is 18.3 Å². The van der Waals surface area contributed by atoms with Crippen LogP contribution >= 0.6 is 0 Å². The van der Waals surface area contributed by atoms with Crippen LogP contribution in [0.25, 0.3) is 45.0 Å². The maximum absolute atomic E-state index is 2.50. The lowest BCUT2D eigenvalue weighted by Gasteiger charge is -2.24. The monoisotopic (exact) mass is 1370 g/mol. The Hall–Kier alpha value is -5.65. The Balaban J connectivity index is 0.000000234. The lowest BCUT2D eigenvalue weighted by Crippen LogP contribution is -2.45. The van der Waals surface area contributed by atoms with Crippen LogP contribution in [0.15, 0.2) is 122 Å². The van der Waals surface area contributed by atoms with E-state index in [2.05, 4.69) is 385 Å². The van der Waals surface area contributed by atoms with Crippen LogP contribution in [0.1, 0.15) is 219 Å². The molecule has 0 atom stereocenters. The second kappa shape index (κ2) is 32.8. The number of benzene rings is 4. The summed E-state index contributed by atoms with van der Waals surface area (Å²) in [6.07, 6.45) is 11.9. The van der Waals surface area contributed by atoms with Gasteiger partial charge < -0.3 is 0 Å². The van der Waals surface area contributed by atoms with Crippen LogP contribution in [0.3, 0.4) is 0 Å². The summed E-state index contributed by atoms with van der Waals surface area (Å²) in [5.41, 5.74) is 28.1. The van der Waals surface area contributed by atoms with E-state index in [1.165, 1.54) is 125 Å². The first-order chi connectivity index (χ1) is 44.5. The van der Waals surface area contributed by atoms with Gasteiger partial charge in [0.05, 0.1) is 32.3 Å². The summed E-state index contributed by atoms with van der Waals surface area (Å²) in [7, 11) is 3.19. The fourth-order valence-corrected chi connectivity index (χ4v) is 21.1. The molecule has 0 saturated heterocycles. The van der Waals surface area contributed by atoms with Crippen molar-refractivity contribution in [3.05, 3.63) is 189 Å². The zero-order chi connectivity index (χ0) is 73.7. The van der Waals surface area contributed by atoms with Crippen molar-refractivity contribution in [3.8, 4) is 45.0 Å². The molecule has 0 spiro atoms. The van der Waals surface area contributed by atoms with Crippen LogP contribution in [-0.2, 0) is 33.6 Å². The predicted molar refractivity (Wildman–Crippen MR) is 440 cm³/mol. The lowest BCUT2D eigenvalue weighted by molar-refractivity contribution is -0.660. The molecule has 97 heavy (non-hydrogen) atoms. The van der Waals surface area contributed by atoms with Gasteiger partial charge in [-0.25, -0.2) is 18.3 Å². The molecule has 0 aliphatic heterocycles. The average Bonchev–Trinajstić information content (AvgIpc) is 0.796. The second-order valence-corrected chi connectivity index (χ2v) is 55.7. The van der Waals surface area contributed by atoms with E-state index in [1.54, 1.807) is 20.7 Å². The molecule has 526 valence electrons. The van der Waals surface area contributed by atoms with Gasteiger partial charge >= 0.3 is 0 Å². The van der Waals surface area contributed by atoms with E-state index in [0.717, 1.165) is 0 Å². The minimum absolute atomic E-state index is 0.167. The zero-order valence-corrected chi connectivity index (χ0v) is 72.7. The third-order valence-corrected chi connectivity index (χ3v) is 28.4. The molecular formula is C89H138N4Si4+4. The second-order valence-electron chi connectivity index (χ2n) is 35.6. The van der Waals surface area contributed by atoms with E-state index in [0.29, 0.717) is 35.5 Å². The van der Waals surface area contributed by atoms with Crippen molar-refractivity contribution in [2.24, 2.45) is 28.2 Å². The first kappa shape index (κ1) is 82.0. The van der Waals surface area contributed by atoms with E-state index in [1.807, 2.05) is 0 Å². The van der Waals surface area contributed by atoms with Crippen molar-refractivity contribution in [2.75, 3.05) is 0 Å². The SMILES string of the molecule is CCC(CC)c1ccc(C)c(-c2cc([Si](C)(C)C)c(C(C)C)c[n+]2C)c1.Cc1cc(C(C)C)ccc1-c1cc([Si](C)(C)C)c(C(C)C)c[n+]1C.Cc1ccc(-c2cc([Si](C)(C)C)c(C(C)C)c[n+]2C)c(C)c1.Cc1ccc(C(C)(C)C)cc1-c1cc([Si](C)(C)C)c(C(C)C)c[n+]1C. The van der Waals surface area contributed by atoms with Gasteiger partial charge in [0.2, 0.25) is 22.8 Å². The number of pyridine rings is 4. The van der Waals surface area contributed by atoms with Gasteiger partial charge in [-0.15, -0.1) is 0 Å². The minimum atomic E-state index is -1.41. The van der Waals surface area contributed by atoms with Gasteiger partial charge in [0, 0.05) is 68.8 Å². The number of hydrogen-bond acceptors (Lipinski definition) is 0. The molecular weight excluding hydrogens is 1240 g/mol. The molecule has 0 aliphatic rings. The molecule has 0 amide bonds. The van der Waals surface area contributed by atoms with E-state index >= 15 is 0 Å². The van der Waals surface area contributed by atoms with Gasteiger partial charge in [-0.2, -0.15) is 0 Å². The van der Waals surface area contributed by atoms with Crippen LogP contribution in [0.2, 0.25) is 78.6 Å². The molecule has 0 N–H and O–H groups in total. The summed E-state index contributed by atoms with van der Waals surface area (Å²) in [5.74, 6) is 3.49. The van der Waals surface area contributed by atoms with Crippen LogP contribution in [0, 0.1) is 34.6 Å². The van der Waals surface area contributed by atoms with E-state index < -0.39 is 32.3 Å². The Morgan fingerprint density at radius 3 is 0.907 bits per heavy atom. The van der Waals surface area contributed by atoms with Gasteiger partial charge in [-0.1, -0.05) is 237 Å². The average molecular weight is 1380 g/mol. The van der Waals surface area contributed by atoms with E-state index in [9.17, 15) is 0 Å². The fourth-order valence-electron chi connectivity index (χ4n) is 13.9. The van der Waals surface area contributed by atoms with Gasteiger partial charge in [-0.05, 0) is 172 Å². The summed E-state index contributed by atoms with van der Waals surface area (Å²) in [4.78, 5) is 0. The first-order valence-electron chi connectivity index (χ1n) is 37.1. The number of aryl methyl sites for hydroxylation is 9. The maximum Gasteiger partial charge on any atom is 0.212 e. The Morgan fingerprint density at radius 2 is 0.619 bits per heavy atom. The lowest BCUT2D eigenvalue weighted by atomic mass is 9.84. The number of aromatic nitrogens is 4. The van der Waals surface area contributed by atoms with Crippen molar-refractivity contribution in [1.82, 2.24) is 0 Å². The molecule has 0 unspecified atom stereocenters. The molecule has 0 aliphatic carbocycles. The molecule has 0 saturated carbocycles. The van der Waals surface area contributed by atoms with Crippen molar-refractivity contribution in [3.63, 3.8) is 0 Å². The number of hydrogen-bond donors (Lipinski definition) is 0. The first-order valence-corrected chi connectivity index (χ1v) is 51.1. The van der Waals surface area contributed by atoms with Crippen LogP contribution in [0.5, 0.6) is 0 Å². The quantitative estimate of drug-likeness (QED) is 0.0677. The third-order valence-electron chi connectivity index (χ3n) is 20.2. The third kappa shape index (κ3) is 20.8. The Bertz CT molecular complexity index is 4010. The Morgan fingerprint density at radius 1 is 0.320 bits per heavy atom. The van der Waals surface area contributed by atoms with Crippen molar-refractivity contribution in [2.45, 2.75) is 271 Å². The smallest absolute Gasteiger partial charge is 0.201 e. The highest BCUT2D eigenvalue weighted by molar-refractivity contribution is 6.90. The highest BCUT2D eigenvalue weighted by Gasteiger charge is 2.32. The van der Waals surface area contributed by atoms with Gasteiger partial charge in [-0.3, -0.25) is 0 Å². The topological polar surface area (TPSA) is 15.5 Å². The summed E-state index contributed by atoms with van der Waals surface area (Å²) in [6.45, 7) is 75.0. The Kier molecular flexibility index (Phi) is 27.7. The van der Waals surface area contributed by atoms with Crippen LogP contribution in [0.4, 0.5) is 0 Å². The molecule has 0 fully saturated rings. The molecule has 0 radical (unpaired) electrons. The maximum atomic E-state index is 2.50. The van der Waals surface area contributed by atoms with E-state index in [4.69, 9.17) is 0 Å². The molecule has 4 heterocycles. The normalized spacial score (nSPS) is 12.4. The number of nitrogens with zero attached hydrogens (tertiary/aromatic N) is 4. The fraction of sp³-hybridized carbons (Fsp3) is 0.506. The summed E-state index contributed by atoms with van der Waals surface area (Å²) < 4.78 is 9.29. The summed E-state index contributed by atoms with van der Waals surface area (Å²) in [6, 6.07) is 37.7. The standard InChI is InChI=1S/C24H38NSi.C23H36NSi.C22H34NSi.C20H30NSi/c1-10-19(11-2)20-13-12-18(5)21(14-20)23-15-24(26(7,8)9)22(17(3)4)16-25(23)6;1-16(2)20-15-24(7)21(14-22(20)25(8,9)10)19-13-18(23(4,5)6)12-11-17(19)3;1-15(2)18-10-11-19(17(5)12-18)21-13-22(24(7,8)9)20(16(3)4)14-23(21)6;1-14(2)18-13-21(5)19(12-20(18)22(6,7)8)17-10-9-15(3)11-16(17)4/h12-17,19H,10-11H2,1-9H3;11-16H,1-10H3;10-16H,1-9H3;9-14H,1-8H3/q4*+1. The van der Waals surface area contributed by atoms with E-state index in [-0.39, 0.29) is 5.41 Å². The summed E-state index contributed by atoms with van der Waals surface area (Å²) >= 11 is 0. The highest BCUT2D eigenvalue weighted by Crippen LogP contribution is 2.33. The van der Waals surface area contributed by atoms with Crippen molar-refractivity contribution in [1.29, 1.82) is 0 Å². The van der Waals surface area contributed by atoms with Gasteiger partial charge in [0.15, 0.2) is 24.8 Å². The molecule has 4 aromatic heterocycles. The molecule has 4 aromatic carbocycles. The molecule has 4 nitrogen and oxygen atoms in total. The minimum Gasteiger partial charge on any atom is -0.201 e. The molecule has 0 bridgehead atoms. The molecule has 8 heteroatoms. The van der Waals surface area contributed by atoms with Gasteiger partial charge in [0.25, 0.3) is 0 Å². The Labute approximate surface area is 600 Å². The summed E-state index contributed by atoms with van der Waals surface area (Å²) in [5, 5.41) is 6.39. The molecule has 8 rings (SSSR count). The zero-order valence-electron chi connectivity index (χ0n) is 68.7.